The highest BCUT2D eigenvalue weighted by Gasteiger charge is 2.31. The Bertz CT molecular complexity index is 560. The van der Waals surface area contributed by atoms with E-state index in [1.165, 1.54) is 33.4 Å². The average molecular weight is 238 g/mol. The molecule has 0 amide bonds. The number of rotatable bonds is 1. The van der Waals surface area contributed by atoms with Crippen molar-refractivity contribution in [1.29, 1.82) is 0 Å². The molecule has 3 rings (SSSR count). The standard InChI is InChI=1S/C17H18O/c1-10-4-6-13-15(8-10)16-9-11(2)5-7-14(16)17(13)12(3)18/h4-9,12,17-18H,1-3H3. The highest BCUT2D eigenvalue weighted by atomic mass is 16.3. The van der Waals surface area contributed by atoms with E-state index in [9.17, 15) is 5.11 Å². The van der Waals surface area contributed by atoms with Gasteiger partial charge in [-0.1, -0.05) is 47.5 Å². The van der Waals surface area contributed by atoms with E-state index in [0.717, 1.165) is 0 Å². The second-order valence-electron chi connectivity index (χ2n) is 5.40. The zero-order valence-corrected chi connectivity index (χ0v) is 11.1. The Balaban J connectivity index is 2.31. The summed E-state index contributed by atoms with van der Waals surface area (Å²) in [5.74, 6) is 0.121. The summed E-state index contributed by atoms with van der Waals surface area (Å²) < 4.78 is 0. The molecule has 0 heterocycles. The van der Waals surface area contributed by atoms with Crippen LogP contribution in [0.3, 0.4) is 0 Å². The van der Waals surface area contributed by atoms with E-state index < -0.39 is 0 Å². The van der Waals surface area contributed by atoms with E-state index in [-0.39, 0.29) is 12.0 Å². The van der Waals surface area contributed by atoms with Gasteiger partial charge in [-0.2, -0.15) is 0 Å². The number of aliphatic hydroxyl groups is 1. The zero-order chi connectivity index (χ0) is 12.9. The third-order valence-corrected chi connectivity index (χ3v) is 3.86. The summed E-state index contributed by atoms with van der Waals surface area (Å²) in [5, 5.41) is 10.1. The van der Waals surface area contributed by atoms with E-state index in [1.807, 2.05) is 6.92 Å². The molecular weight excluding hydrogens is 220 g/mol. The van der Waals surface area contributed by atoms with Crippen LogP contribution < -0.4 is 0 Å². The number of fused-ring (bicyclic) bond motifs is 3. The molecule has 0 radical (unpaired) electrons. The summed E-state index contributed by atoms with van der Waals surface area (Å²) in [4.78, 5) is 0. The van der Waals surface area contributed by atoms with Crippen molar-refractivity contribution < 1.29 is 5.11 Å². The second-order valence-corrected chi connectivity index (χ2v) is 5.40. The van der Waals surface area contributed by atoms with E-state index in [1.54, 1.807) is 0 Å². The molecule has 0 fully saturated rings. The molecular formula is C17H18O. The van der Waals surface area contributed by atoms with E-state index >= 15 is 0 Å². The molecule has 92 valence electrons. The van der Waals surface area contributed by atoms with Crippen LogP contribution in [0, 0.1) is 13.8 Å². The third kappa shape index (κ3) is 1.58. The summed E-state index contributed by atoms with van der Waals surface area (Å²) in [7, 11) is 0. The molecule has 0 spiro atoms. The predicted octanol–water partition coefficient (Wildman–Crippen LogP) is 3.80. The minimum Gasteiger partial charge on any atom is -0.392 e. The maximum atomic E-state index is 10.1. The fourth-order valence-corrected chi connectivity index (χ4v) is 3.04. The van der Waals surface area contributed by atoms with Gasteiger partial charge in [-0.3, -0.25) is 0 Å². The molecule has 1 nitrogen and oxygen atoms in total. The first-order valence-corrected chi connectivity index (χ1v) is 6.47. The lowest BCUT2D eigenvalue weighted by Crippen LogP contribution is -2.13. The van der Waals surface area contributed by atoms with Crippen LogP contribution in [0.5, 0.6) is 0 Å². The topological polar surface area (TPSA) is 20.2 Å². The summed E-state index contributed by atoms with van der Waals surface area (Å²) in [6, 6.07) is 13.1. The molecule has 2 aromatic carbocycles. The first-order chi connectivity index (χ1) is 8.58. The van der Waals surface area contributed by atoms with Crippen molar-refractivity contribution in [1.82, 2.24) is 0 Å². The quantitative estimate of drug-likeness (QED) is 0.801. The number of aryl methyl sites for hydroxylation is 2. The number of benzene rings is 2. The Hall–Kier alpha value is -1.60. The lowest BCUT2D eigenvalue weighted by molar-refractivity contribution is 0.178. The van der Waals surface area contributed by atoms with Crippen molar-refractivity contribution in [2.45, 2.75) is 32.8 Å². The van der Waals surface area contributed by atoms with Crippen molar-refractivity contribution in [3.8, 4) is 11.1 Å². The highest BCUT2D eigenvalue weighted by molar-refractivity contribution is 5.80. The smallest absolute Gasteiger partial charge is 0.0621 e. The lowest BCUT2D eigenvalue weighted by atomic mass is 9.92. The predicted molar refractivity (Wildman–Crippen MR) is 74.9 cm³/mol. The first-order valence-electron chi connectivity index (χ1n) is 6.47. The van der Waals surface area contributed by atoms with Gasteiger partial charge in [0.25, 0.3) is 0 Å². The minimum absolute atomic E-state index is 0.121. The molecule has 0 aliphatic heterocycles. The molecule has 2 aromatic rings. The summed E-state index contributed by atoms with van der Waals surface area (Å²) in [6.07, 6.45) is -0.351. The normalized spacial score (nSPS) is 15.3. The van der Waals surface area contributed by atoms with E-state index in [2.05, 4.69) is 50.2 Å². The summed E-state index contributed by atoms with van der Waals surface area (Å²) >= 11 is 0. The Labute approximate surface area is 108 Å². The van der Waals surface area contributed by atoms with Crippen LogP contribution in [0.4, 0.5) is 0 Å². The molecule has 1 aliphatic rings. The molecule has 0 saturated carbocycles. The van der Waals surface area contributed by atoms with Gasteiger partial charge in [-0.15, -0.1) is 0 Å². The minimum atomic E-state index is -0.351. The van der Waals surface area contributed by atoms with Crippen molar-refractivity contribution in [2.24, 2.45) is 0 Å². The Morgan fingerprint density at radius 2 is 1.33 bits per heavy atom. The van der Waals surface area contributed by atoms with Crippen LogP contribution in [0.2, 0.25) is 0 Å². The number of hydrogen-bond acceptors (Lipinski definition) is 1. The molecule has 0 saturated heterocycles. The molecule has 1 N–H and O–H groups in total. The second kappa shape index (κ2) is 3.96. The van der Waals surface area contributed by atoms with Crippen molar-refractivity contribution >= 4 is 0 Å². The Morgan fingerprint density at radius 3 is 1.72 bits per heavy atom. The third-order valence-electron chi connectivity index (χ3n) is 3.86. The maximum absolute atomic E-state index is 10.1. The molecule has 0 bridgehead atoms. The first kappa shape index (κ1) is 11.5. The summed E-state index contributed by atoms with van der Waals surface area (Å²) in [5.41, 5.74) is 7.64. The number of aliphatic hydroxyl groups excluding tert-OH is 1. The average Bonchev–Trinajstić information content (AvgIpc) is 2.62. The van der Waals surface area contributed by atoms with Crippen molar-refractivity contribution in [3.63, 3.8) is 0 Å². The van der Waals surface area contributed by atoms with Gasteiger partial charge in [-0.25, -0.2) is 0 Å². The van der Waals surface area contributed by atoms with Crippen LogP contribution in [-0.2, 0) is 0 Å². The van der Waals surface area contributed by atoms with Crippen LogP contribution in [0.15, 0.2) is 36.4 Å². The zero-order valence-electron chi connectivity index (χ0n) is 11.1. The van der Waals surface area contributed by atoms with Gasteiger partial charge < -0.3 is 5.11 Å². The van der Waals surface area contributed by atoms with Gasteiger partial charge in [-0.05, 0) is 43.0 Å². The fraction of sp³-hybridized carbons (Fsp3) is 0.294. The van der Waals surface area contributed by atoms with Crippen LogP contribution in [0.1, 0.15) is 35.1 Å². The van der Waals surface area contributed by atoms with Crippen LogP contribution in [0.25, 0.3) is 11.1 Å². The van der Waals surface area contributed by atoms with Gasteiger partial charge in [0.2, 0.25) is 0 Å². The van der Waals surface area contributed by atoms with Gasteiger partial charge in [0, 0.05) is 5.92 Å². The molecule has 1 aliphatic carbocycles. The van der Waals surface area contributed by atoms with Crippen LogP contribution in [-0.4, -0.2) is 11.2 Å². The fourth-order valence-electron chi connectivity index (χ4n) is 3.04. The lowest BCUT2D eigenvalue weighted by Gasteiger charge is -2.16. The molecule has 1 heteroatoms. The molecule has 1 atom stereocenters. The van der Waals surface area contributed by atoms with Crippen molar-refractivity contribution in [3.05, 3.63) is 58.7 Å². The van der Waals surface area contributed by atoms with Gasteiger partial charge in [0.1, 0.15) is 0 Å². The Morgan fingerprint density at radius 1 is 0.889 bits per heavy atom. The summed E-state index contributed by atoms with van der Waals surface area (Å²) in [6.45, 7) is 6.11. The van der Waals surface area contributed by atoms with E-state index in [4.69, 9.17) is 0 Å². The monoisotopic (exact) mass is 238 g/mol. The van der Waals surface area contributed by atoms with Gasteiger partial charge in [0.05, 0.1) is 6.10 Å². The Kier molecular flexibility index (Phi) is 2.53. The SMILES string of the molecule is Cc1ccc2c(c1)-c1cc(C)ccc1C2C(C)O. The van der Waals surface area contributed by atoms with Crippen molar-refractivity contribution in [2.75, 3.05) is 0 Å². The molecule has 1 unspecified atom stereocenters. The number of hydrogen-bond donors (Lipinski definition) is 1. The largest absolute Gasteiger partial charge is 0.392 e. The van der Waals surface area contributed by atoms with Crippen LogP contribution >= 0.6 is 0 Å². The molecule has 0 aromatic heterocycles. The van der Waals surface area contributed by atoms with Gasteiger partial charge in [0.15, 0.2) is 0 Å². The maximum Gasteiger partial charge on any atom is 0.0621 e. The highest BCUT2D eigenvalue weighted by Crippen LogP contribution is 2.46. The van der Waals surface area contributed by atoms with Gasteiger partial charge >= 0.3 is 0 Å². The molecule has 18 heavy (non-hydrogen) atoms. The van der Waals surface area contributed by atoms with E-state index in [0.29, 0.717) is 0 Å².